The second-order valence-corrected chi connectivity index (χ2v) is 2.98. The van der Waals surface area contributed by atoms with Crippen LogP contribution in [0.3, 0.4) is 0 Å². The predicted octanol–water partition coefficient (Wildman–Crippen LogP) is -3.38. The molecule has 0 aliphatic heterocycles. The third kappa shape index (κ3) is 64.2. The molecule has 0 amide bonds. The fourth-order valence-corrected chi connectivity index (χ4v) is 0. The standard InChI is InChI=1S/2C2H6NO2.2ClH.Cu/c2*3-1-2(4)5;;;/h2*2,4H,1,3H2;2*1H;/q2*-1;;;+2/p-2. The van der Waals surface area contributed by atoms with Crippen LogP contribution in [0.1, 0.15) is 0 Å². The van der Waals surface area contributed by atoms with E-state index in [9.17, 15) is 10.2 Å². The molecule has 2 unspecified atom stereocenters. The Labute approximate surface area is 91.0 Å². The Hall–Kier alpha value is 0.859. The first-order valence-corrected chi connectivity index (χ1v) is 5.44. The van der Waals surface area contributed by atoms with Gasteiger partial charge in [0.05, 0.1) is 0 Å². The summed E-state index contributed by atoms with van der Waals surface area (Å²) in [6.07, 6.45) is -3.18. The molecule has 0 saturated heterocycles. The van der Waals surface area contributed by atoms with Crippen LogP contribution in [0.2, 0.25) is 0 Å². The minimum atomic E-state index is -1.59. The van der Waals surface area contributed by atoms with Gasteiger partial charge in [0.2, 0.25) is 0 Å². The van der Waals surface area contributed by atoms with Crippen molar-refractivity contribution in [3.63, 3.8) is 0 Å². The van der Waals surface area contributed by atoms with Crippen molar-refractivity contribution in [3.05, 3.63) is 0 Å². The molecule has 6 nitrogen and oxygen atoms in total. The molecular formula is C4H12Cl2CuN2O4-2. The van der Waals surface area contributed by atoms with E-state index in [0.29, 0.717) is 0 Å². The van der Waals surface area contributed by atoms with Crippen molar-refractivity contribution >= 4 is 20.2 Å². The van der Waals surface area contributed by atoms with Gasteiger partial charge in [0.25, 0.3) is 0 Å². The zero-order chi connectivity index (χ0) is 11.3. The monoisotopic (exact) mass is 285 g/mol. The van der Waals surface area contributed by atoms with E-state index in [4.69, 9.17) is 10.2 Å². The molecule has 9 heteroatoms. The second kappa shape index (κ2) is 18.6. The maximum atomic E-state index is 9.33. The fourth-order valence-electron chi connectivity index (χ4n) is 0. The van der Waals surface area contributed by atoms with Crippen molar-refractivity contribution in [2.75, 3.05) is 13.1 Å². The summed E-state index contributed by atoms with van der Waals surface area (Å²) in [6.45, 7) is -0.389. The molecule has 0 saturated carbocycles. The first kappa shape index (κ1) is 19.4. The third-order valence-corrected chi connectivity index (χ3v) is 0.403. The Bertz CT molecular complexity index is 73.2. The van der Waals surface area contributed by atoms with Gasteiger partial charge in [0, 0.05) is 13.1 Å². The van der Waals surface area contributed by atoms with E-state index in [1.807, 2.05) is 0 Å². The predicted molar refractivity (Wildman–Crippen MR) is 41.8 cm³/mol. The van der Waals surface area contributed by atoms with Crippen LogP contribution in [0.4, 0.5) is 0 Å². The van der Waals surface area contributed by atoms with Gasteiger partial charge in [0.15, 0.2) is 0 Å². The van der Waals surface area contributed by atoms with Crippen LogP contribution >= 0.6 is 20.2 Å². The van der Waals surface area contributed by atoms with Gasteiger partial charge < -0.3 is 31.9 Å². The van der Waals surface area contributed by atoms with Crippen LogP contribution < -0.4 is 21.7 Å². The van der Waals surface area contributed by atoms with Crippen molar-refractivity contribution in [1.82, 2.24) is 0 Å². The maximum absolute atomic E-state index is 9.33. The summed E-state index contributed by atoms with van der Waals surface area (Å²) in [4.78, 5) is 0. The SMILES string of the molecule is NCC([O-])O.NCC([O-])O.[Cl][Cu][Cl]. The van der Waals surface area contributed by atoms with Crippen LogP contribution in [0, 0.1) is 0 Å². The molecule has 2 atom stereocenters. The van der Waals surface area contributed by atoms with Crippen LogP contribution in [0.15, 0.2) is 0 Å². The van der Waals surface area contributed by atoms with Gasteiger partial charge in [0.1, 0.15) is 0 Å². The summed E-state index contributed by atoms with van der Waals surface area (Å²) >= 11 is 0.757. The molecule has 0 aromatic rings. The first-order valence-electron chi connectivity index (χ1n) is 2.85. The van der Waals surface area contributed by atoms with E-state index in [2.05, 4.69) is 31.7 Å². The van der Waals surface area contributed by atoms with Gasteiger partial charge in [-0.2, -0.15) is 0 Å². The number of aliphatic hydroxyl groups is 2. The summed E-state index contributed by atoms with van der Waals surface area (Å²) in [5.74, 6) is 0. The van der Waals surface area contributed by atoms with E-state index in [1.54, 1.807) is 0 Å². The van der Waals surface area contributed by atoms with Crippen molar-refractivity contribution in [2.45, 2.75) is 12.6 Å². The molecule has 0 radical (unpaired) electrons. The van der Waals surface area contributed by atoms with Crippen molar-refractivity contribution < 1.29 is 33.6 Å². The zero-order valence-corrected chi connectivity index (χ0v) is 8.95. The van der Waals surface area contributed by atoms with Gasteiger partial charge in [-0.1, -0.05) is 0 Å². The van der Waals surface area contributed by atoms with Gasteiger partial charge in [-0.3, -0.25) is 0 Å². The summed E-state index contributed by atoms with van der Waals surface area (Å²) in [5.41, 5.74) is 9.22. The van der Waals surface area contributed by atoms with E-state index in [1.165, 1.54) is 0 Å². The molecule has 0 aromatic heterocycles. The Morgan fingerprint density at radius 1 is 1.08 bits per heavy atom. The first-order chi connectivity index (χ1) is 5.95. The average molecular weight is 287 g/mol. The Balaban J connectivity index is -0.000000120. The number of aliphatic hydroxyl groups excluding tert-OH is 2. The van der Waals surface area contributed by atoms with E-state index < -0.39 is 12.6 Å². The molecule has 0 aliphatic rings. The second-order valence-electron chi connectivity index (χ2n) is 1.42. The molecule has 0 heterocycles. The summed E-state index contributed by atoms with van der Waals surface area (Å²) in [5, 5.41) is 34.0. The van der Waals surface area contributed by atoms with Crippen LogP contribution in [-0.4, -0.2) is 35.9 Å². The van der Waals surface area contributed by atoms with Crippen molar-refractivity contribution in [2.24, 2.45) is 11.5 Å². The minimum absolute atomic E-state index is 0.194. The number of hydrogen-bond acceptors (Lipinski definition) is 6. The molecular weight excluding hydrogens is 275 g/mol. The average Bonchev–Trinajstić information content (AvgIpc) is 2.07. The van der Waals surface area contributed by atoms with Gasteiger partial charge >= 0.3 is 33.3 Å². The Morgan fingerprint density at radius 2 is 1.15 bits per heavy atom. The van der Waals surface area contributed by atoms with Crippen LogP contribution in [0.5, 0.6) is 0 Å². The molecule has 0 fully saturated rings. The van der Waals surface area contributed by atoms with E-state index >= 15 is 0 Å². The summed E-state index contributed by atoms with van der Waals surface area (Å²) < 4.78 is 0. The van der Waals surface area contributed by atoms with Crippen molar-refractivity contribution in [1.29, 1.82) is 0 Å². The van der Waals surface area contributed by atoms with Crippen LogP contribution in [0.25, 0.3) is 0 Å². The number of hydrogen-bond donors (Lipinski definition) is 4. The molecule has 0 aliphatic carbocycles. The summed E-state index contributed by atoms with van der Waals surface area (Å²) in [7, 11) is 9.34. The van der Waals surface area contributed by atoms with Crippen molar-refractivity contribution in [3.8, 4) is 0 Å². The molecule has 13 heavy (non-hydrogen) atoms. The fraction of sp³-hybridized carbons (Fsp3) is 1.00. The zero-order valence-electron chi connectivity index (χ0n) is 6.49. The normalized spacial score (nSPS) is 13.2. The Morgan fingerprint density at radius 3 is 1.15 bits per heavy atom. The molecule has 0 rings (SSSR count). The molecule has 0 bridgehead atoms. The van der Waals surface area contributed by atoms with Gasteiger partial charge in [-0.25, -0.2) is 0 Å². The number of halogens is 2. The van der Waals surface area contributed by atoms with E-state index in [0.717, 1.165) is 13.1 Å². The number of rotatable bonds is 2. The number of nitrogens with two attached hydrogens (primary N) is 2. The van der Waals surface area contributed by atoms with E-state index in [-0.39, 0.29) is 13.1 Å². The van der Waals surface area contributed by atoms with Gasteiger partial charge in [-0.05, 0) is 12.6 Å². The molecule has 0 aromatic carbocycles. The van der Waals surface area contributed by atoms with Gasteiger partial charge in [-0.15, -0.1) is 0 Å². The molecule has 0 spiro atoms. The van der Waals surface area contributed by atoms with Crippen LogP contribution in [-0.2, 0) is 13.1 Å². The summed E-state index contributed by atoms with van der Waals surface area (Å²) in [6, 6.07) is 0. The Kier molecular flexibility index (Phi) is 27.8. The topological polar surface area (TPSA) is 139 Å². The third-order valence-electron chi connectivity index (χ3n) is 0.403. The molecule has 6 N–H and O–H groups in total. The quantitative estimate of drug-likeness (QED) is 0.309. The molecule has 89 valence electrons.